The molecule has 0 atom stereocenters. The van der Waals surface area contributed by atoms with Gasteiger partial charge in [-0.2, -0.15) is 0 Å². The molecule has 132 valence electrons. The van der Waals surface area contributed by atoms with E-state index in [0.717, 1.165) is 5.75 Å². The fraction of sp³-hybridized carbons (Fsp3) is 0.211. The number of halogens is 2. The minimum atomic E-state index is -0.488. The highest BCUT2D eigenvalue weighted by Crippen LogP contribution is 2.18. The Labute approximate surface area is 151 Å². The number of carbonyl (C=O) groups excluding carboxylic acids is 1. The molecular weight excluding hydrogens is 345 g/mol. The van der Waals surface area contributed by atoms with Crippen LogP contribution in [0.3, 0.4) is 0 Å². The van der Waals surface area contributed by atoms with Crippen LogP contribution in [0.1, 0.15) is 5.56 Å². The molecule has 6 heteroatoms. The minimum absolute atomic E-state index is 0.0239. The number of hydrogen-bond acceptors (Lipinski definition) is 3. The number of ether oxygens (including phenoxy) is 2. The van der Waals surface area contributed by atoms with E-state index < -0.39 is 5.82 Å². The van der Waals surface area contributed by atoms with Gasteiger partial charge in [0.15, 0.2) is 0 Å². The number of likely N-dealkylation sites (N-methyl/N-ethyl adjacent to an activating group) is 1. The normalized spacial score (nSPS) is 10.7. The third-order valence-corrected chi connectivity index (χ3v) is 3.78. The van der Waals surface area contributed by atoms with Gasteiger partial charge in [0.05, 0.1) is 18.7 Å². The molecule has 1 amide bonds. The van der Waals surface area contributed by atoms with Crippen molar-refractivity contribution in [3.63, 3.8) is 0 Å². The van der Waals surface area contributed by atoms with Gasteiger partial charge in [-0.1, -0.05) is 17.7 Å². The Morgan fingerprint density at radius 2 is 1.88 bits per heavy atom. The summed E-state index contributed by atoms with van der Waals surface area (Å²) in [5.41, 5.74) is 0.655. The number of rotatable bonds is 7. The van der Waals surface area contributed by atoms with E-state index >= 15 is 0 Å². The third-order valence-electron chi connectivity index (χ3n) is 3.49. The molecule has 0 saturated heterocycles. The maximum Gasteiger partial charge on any atom is 0.246 e. The molecule has 25 heavy (non-hydrogen) atoms. The van der Waals surface area contributed by atoms with Crippen LogP contribution in [0, 0.1) is 5.82 Å². The maximum atomic E-state index is 13.1. The van der Waals surface area contributed by atoms with E-state index in [1.807, 2.05) is 0 Å². The Kier molecular flexibility index (Phi) is 6.83. The second-order valence-electron chi connectivity index (χ2n) is 5.29. The van der Waals surface area contributed by atoms with E-state index in [4.69, 9.17) is 21.1 Å². The summed E-state index contributed by atoms with van der Waals surface area (Å²) in [6.45, 7) is 0.796. The second-order valence-corrected chi connectivity index (χ2v) is 5.70. The molecule has 2 rings (SSSR count). The predicted octanol–water partition coefficient (Wildman–Crippen LogP) is 4.04. The number of hydrogen-bond donors (Lipinski definition) is 0. The molecule has 0 spiro atoms. The Hall–Kier alpha value is -2.53. The Morgan fingerprint density at radius 3 is 2.52 bits per heavy atom. The van der Waals surface area contributed by atoms with Gasteiger partial charge in [-0.3, -0.25) is 4.79 Å². The van der Waals surface area contributed by atoms with Crippen LogP contribution in [0.2, 0.25) is 5.02 Å². The van der Waals surface area contributed by atoms with E-state index in [-0.39, 0.29) is 10.9 Å². The summed E-state index contributed by atoms with van der Waals surface area (Å²) in [4.78, 5) is 13.6. The van der Waals surface area contributed by atoms with Crippen molar-refractivity contribution in [2.75, 3.05) is 27.3 Å². The molecule has 2 aromatic carbocycles. The Bertz CT molecular complexity index is 747. The summed E-state index contributed by atoms with van der Waals surface area (Å²) in [5.74, 6) is 0.792. The fourth-order valence-electron chi connectivity index (χ4n) is 1.99. The van der Waals surface area contributed by atoms with Crippen LogP contribution in [-0.4, -0.2) is 38.1 Å². The summed E-state index contributed by atoms with van der Waals surface area (Å²) < 4.78 is 23.8. The molecule has 0 N–H and O–H groups in total. The summed E-state index contributed by atoms with van der Waals surface area (Å²) in [5, 5.41) is 0.0239. The lowest BCUT2D eigenvalue weighted by molar-refractivity contribution is -0.125. The number of methoxy groups -OCH3 is 1. The number of amides is 1. The monoisotopic (exact) mass is 363 g/mol. The molecule has 0 bridgehead atoms. The van der Waals surface area contributed by atoms with Gasteiger partial charge in [0.2, 0.25) is 5.91 Å². The SMILES string of the molecule is COc1ccc(OCCN(C)C(=O)/C=C/c2ccc(F)c(Cl)c2)cc1. The van der Waals surface area contributed by atoms with E-state index in [1.165, 1.54) is 23.1 Å². The van der Waals surface area contributed by atoms with Crippen LogP contribution in [0.25, 0.3) is 6.08 Å². The van der Waals surface area contributed by atoms with Crippen molar-refractivity contribution in [1.82, 2.24) is 4.90 Å². The average molecular weight is 364 g/mol. The van der Waals surface area contributed by atoms with Crippen molar-refractivity contribution in [3.8, 4) is 11.5 Å². The van der Waals surface area contributed by atoms with Gasteiger partial charge in [0.1, 0.15) is 23.9 Å². The molecule has 0 radical (unpaired) electrons. The maximum absolute atomic E-state index is 13.1. The van der Waals surface area contributed by atoms with Crippen molar-refractivity contribution in [3.05, 3.63) is 64.9 Å². The molecule has 0 heterocycles. The number of nitrogens with zero attached hydrogens (tertiary/aromatic N) is 1. The van der Waals surface area contributed by atoms with Gasteiger partial charge in [-0.15, -0.1) is 0 Å². The summed E-state index contributed by atoms with van der Waals surface area (Å²) in [6, 6.07) is 11.5. The summed E-state index contributed by atoms with van der Waals surface area (Å²) in [6.07, 6.45) is 3.01. The highest BCUT2D eigenvalue weighted by Gasteiger charge is 2.05. The van der Waals surface area contributed by atoms with E-state index in [9.17, 15) is 9.18 Å². The van der Waals surface area contributed by atoms with E-state index in [2.05, 4.69) is 0 Å². The zero-order chi connectivity index (χ0) is 18.2. The van der Waals surface area contributed by atoms with Gasteiger partial charge in [-0.25, -0.2) is 4.39 Å². The first-order valence-electron chi connectivity index (χ1n) is 7.64. The van der Waals surface area contributed by atoms with Crippen LogP contribution in [0.15, 0.2) is 48.5 Å². The number of carbonyl (C=O) groups is 1. The predicted molar refractivity (Wildman–Crippen MR) is 96.6 cm³/mol. The summed E-state index contributed by atoms with van der Waals surface area (Å²) in [7, 11) is 3.28. The first-order valence-corrected chi connectivity index (χ1v) is 8.02. The molecule has 0 unspecified atom stereocenters. The summed E-state index contributed by atoms with van der Waals surface area (Å²) >= 11 is 5.71. The topological polar surface area (TPSA) is 38.8 Å². The van der Waals surface area contributed by atoms with E-state index in [1.54, 1.807) is 50.6 Å². The Morgan fingerprint density at radius 1 is 1.20 bits per heavy atom. The molecule has 0 aliphatic carbocycles. The lowest BCUT2D eigenvalue weighted by Gasteiger charge is -2.15. The molecule has 0 aliphatic rings. The molecule has 0 saturated carbocycles. The standard InChI is InChI=1S/C19H19ClFNO3/c1-22(11-12-25-16-7-5-15(24-2)6-8-16)19(23)10-4-14-3-9-18(21)17(20)13-14/h3-10,13H,11-12H2,1-2H3/b10-4+. The van der Waals surface area contributed by atoms with Crippen LogP contribution in [-0.2, 0) is 4.79 Å². The molecule has 4 nitrogen and oxygen atoms in total. The molecule has 0 fully saturated rings. The average Bonchev–Trinajstić information content (AvgIpc) is 2.62. The fourth-order valence-corrected chi connectivity index (χ4v) is 2.18. The third kappa shape index (κ3) is 5.80. The van der Waals surface area contributed by atoms with Crippen molar-refractivity contribution in [1.29, 1.82) is 0 Å². The lowest BCUT2D eigenvalue weighted by atomic mass is 10.2. The van der Waals surface area contributed by atoms with Gasteiger partial charge < -0.3 is 14.4 Å². The van der Waals surface area contributed by atoms with Gasteiger partial charge in [-0.05, 0) is 48.0 Å². The molecule has 0 aromatic heterocycles. The van der Waals surface area contributed by atoms with Gasteiger partial charge in [0.25, 0.3) is 0 Å². The van der Waals surface area contributed by atoms with Crippen LogP contribution >= 0.6 is 11.6 Å². The van der Waals surface area contributed by atoms with Crippen molar-refractivity contribution < 1.29 is 18.7 Å². The minimum Gasteiger partial charge on any atom is -0.497 e. The highest BCUT2D eigenvalue weighted by molar-refractivity contribution is 6.30. The largest absolute Gasteiger partial charge is 0.497 e. The molecule has 2 aromatic rings. The molecular formula is C19H19ClFNO3. The van der Waals surface area contributed by atoms with Crippen LogP contribution in [0.5, 0.6) is 11.5 Å². The van der Waals surface area contributed by atoms with Gasteiger partial charge in [0, 0.05) is 13.1 Å². The van der Waals surface area contributed by atoms with Crippen molar-refractivity contribution >= 4 is 23.6 Å². The van der Waals surface area contributed by atoms with Crippen LogP contribution in [0.4, 0.5) is 4.39 Å². The second kappa shape index (κ2) is 9.08. The lowest BCUT2D eigenvalue weighted by Crippen LogP contribution is -2.29. The zero-order valence-electron chi connectivity index (χ0n) is 14.0. The Balaban J connectivity index is 1.80. The molecule has 0 aliphatic heterocycles. The highest BCUT2D eigenvalue weighted by atomic mass is 35.5. The van der Waals surface area contributed by atoms with Crippen molar-refractivity contribution in [2.45, 2.75) is 0 Å². The van der Waals surface area contributed by atoms with Crippen molar-refractivity contribution in [2.24, 2.45) is 0 Å². The first-order chi connectivity index (χ1) is 12.0. The quantitative estimate of drug-likeness (QED) is 0.697. The number of benzene rings is 2. The zero-order valence-corrected chi connectivity index (χ0v) is 14.8. The smallest absolute Gasteiger partial charge is 0.246 e. The first kappa shape index (κ1) is 18.8. The van der Waals surface area contributed by atoms with Gasteiger partial charge >= 0.3 is 0 Å². The van der Waals surface area contributed by atoms with Crippen LogP contribution < -0.4 is 9.47 Å². The van der Waals surface area contributed by atoms with E-state index in [0.29, 0.717) is 24.5 Å².